The summed E-state index contributed by atoms with van der Waals surface area (Å²) >= 11 is 0. The van der Waals surface area contributed by atoms with Crippen LogP contribution in [-0.2, 0) is 0 Å². The Morgan fingerprint density at radius 2 is 2.22 bits per heavy atom. The Balaban J connectivity index is 1.89. The predicted octanol–water partition coefficient (Wildman–Crippen LogP) is 2.72. The van der Waals surface area contributed by atoms with Gasteiger partial charge in [0, 0.05) is 18.5 Å². The largest absolute Gasteiger partial charge is 0.496 e. The summed E-state index contributed by atoms with van der Waals surface area (Å²) in [4.78, 5) is 2.38. The highest BCUT2D eigenvalue weighted by Gasteiger charge is 2.17. The summed E-state index contributed by atoms with van der Waals surface area (Å²) in [5.74, 6) is 2.45. The van der Waals surface area contributed by atoms with Gasteiger partial charge in [0.2, 0.25) is 0 Å². The number of methoxy groups -OCH3 is 1. The topological polar surface area (TPSA) is 21.7 Å². The first-order valence-electron chi connectivity index (χ1n) is 6.65. The van der Waals surface area contributed by atoms with E-state index in [1.165, 1.54) is 19.4 Å². The van der Waals surface area contributed by atoms with E-state index in [0.717, 1.165) is 30.2 Å². The van der Waals surface area contributed by atoms with E-state index in [1.54, 1.807) is 7.11 Å². The number of nitrogens with zero attached hydrogens (tertiary/aromatic N) is 1. The van der Waals surface area contributed by atoms with E-state index in [2.05, 4.69) is 11.9 Å². The third kappa shape index (κ3) is 3.39. The molecule has 0 bridgehead atoms. The van der Waals surface area contributed by atoms with Crippen LogP contribution in [0.15, 0.2) is 18.2 Å². The van der Waals surface area contributed by atoms with Crippen LogP contribution in [0.5, 0.6) is 11.5 Å². The molecule has 1 aliphatic heterocycles. The smallest absolute Gasteiger partial charge is 0.125 e. The number of ether oxygens (including phenoxy) is 2. The first kappa shape index (κ1) is 13.2. The summed E-state index contributed by atoms with van der Waals surface area (Å²) in [5.41, 5.74) is 1.14. The summed E-state index contributed by atoms with van der Waals surface area (Å²) in [7, 11) is 3.88. The zero-order chi connectivity index (χ0) is 13.0. The van der Waals surface area contributed by atoms with E-state index in [9.17, 15) is 0 Å². The molecular formula is C15H23NO2. The van der Waals surface area contributed by atoms with Gasteiger partial charge in [0.05, 0.1) is 13.7 Å². The number of piperidine rings is 1. The Labute approximate surface area is 110 Å². The van der Waals surface area contributed by atoms with Crippen LogP contribution in [0, 0.1) is 12.8 Å². The molecule has 1 saturated heterocycles. The molecule has 0 N–H and O–H groups in total. The molecule has 18 heavy (non-hydrogen) atoms. The van der Waals surface area contributed by atoms with E-state index >= 15 is 0 Å². The molecule has 3 nitrogen and oxygen atoms in total. The monoisotopic (exact) mass is 249 g/mol. The molecule has 0 aliphatic carbocycles. The quantitative estimate of drug-likeness (QED) is 0.819. The van der Waals surface area contributed by atoms with Gasteiger partial charge < -0.3 is 14.4 Å². The first-order chi connectivity index (χ1) is 8.69. The van der Waals surface area contributed by atoms with Crippen LogP contribution >= 0.6 is 0 Å². The van der Waals surface area contributed by atoms with Gasteiger partial charge in [0.25, 0.3) is 0 Å². The number of hydrogen-bond acceptors (Lipinski definition) is 3. The van der Waals surface area contributed by atoms with Gasteiger partial charge >= 0.3 is 0 Å². The first-order valence-corrected chi connectivity index (χ1v) is 6.65. The highest BCUT2D eigenvalue weighted by molar-refractivity contribution is 5.39. The molecule has 1 heterocycles. The molecule has 3 heteroatoms. The van der Waals surface area contributed by atoms with Crippen LogP contribution in [-0.4, -0.2) is 38.8 Å². The summed E-state index contributed by atoms with van der Waals surface area (Å²) in [5, 5.41) is 0. The van der Waals surface area contributed by atoms with Crippen LogP contribution < -0.4 is 9.47 Å². The maximum Gasteiger partial charge on any atom is 0.125 e. The van der Waals surface area contributed by atoms with Crippen molar-refractivity contribution in [3.8, 4) is 11.5 Å². The van der Waals surface area contributed by atoms with E-state index < -0.39 is 0 Å². The minimum absolute atomic E-state index is 0.649. The molecule has 1 aliphatic rings. The molecule has 0 aromatic heterocycles. The maximum absolute atomic E-state index is 5.88. The van der Waals surface area contributed by atoms with Crippen LogP contribution in [0.3, 0.4) is 0 Å². The van der Waals surface area contributed by atoms with Crippen molar-refractivity contribution in [2.75, 3.05) is 33.9 Å². The van der Waals surface area contributed by atoms with Gasteiger partial charge in [0.15, 0.2) is 0 Å². The fourth-order valence-corrected chi connectivity index (χ4v) is 2.51. The van der Waals surface area contributed by atoms with Crippen LogP contribution in [0.1, 0.15) is 18.4 Å². The second-order valence-electron chi connectivity index (χ2n) is 5.21. The maximum atomic E-state index is 5.88. The molecule has 1 atom stereocenters. The molecule has 1 aromatic rings. The minimum Gasteiger partial charge on any atom is -0.496 e. The Morgan fingerprint density at radius 3 is 2.94 bits per heavy atom. The van der Waals surface area contributed by atoms with Crippen LogP contribution in [0.4, 0.5) is 0 Å². The average Bonchev–Trinajstić information content (AvgIpc) is 2.38. The Morgan fingerprint density at radius 1 is 1.39 bits per heavy atom. The Hall–Kier alpha value is -1.22. The normalized spacial score (nSPS) is 20.7. The number of likely N-dealkylation sites (tertiary alicyclic amines) is 1. The lowest BCUT2D eigenvalue weighted by molar-refractivity contribution is 0.150. The van der Waals surface area contributed by atoms with Gasteiger partial charge in [-0.3, -0.25) is 0 Å². The summed E-state index contributed by atoms with van der Waals surface area (Å²) in [6, 6.07) is 6.04. The number of hydrogen-bond donors (Lipinski definition) is 0. The van der Waals surface area contributed by atoms with Gasteiger partial charge in [-0.2, -0.15) is 0 Å². The van der Waals surface area contributed by atoms with E-state index in [4.69, 9.17) is 9.47 Å². The van der Waals surface area contributed by atoms with Crippen molar-refractivity contribution >= 4 is 0 Å². The number of benzene rings is 1. The average molecular weight is 249 g/mol. The van der Waals surface area contributed by atoms with Crippen molar-refractivity contribution < 1.29 is 9.47 Å². The molecular weight excluding hydrogens is 226 g/mol. The highest BCUT2D eigenvalue weighted by Crippen LogP contribution is 2.25. The van der Waals surface area contributed by atoms with Gasteiger partial charge in [0.1, 0.15) is 11.5 Å². The third-order valence-electron chi connectivity index (χ3n) is 3.59. The van der Waals surface area contributed by atoms with E-state index in [-0.39, 0.29) is 0 Å². The fraction of sp³-hybridized carbons (Fsp3) is 0.600. The molecule has 1 unspecified atom stereocenters. The van der Waals surface area contributed by atoms with Crippen molar-refractivity contribution in [1.82, 2.24) is 4.90 Å². The number of aryl methyl sites for hydroxylation is 1. The van der Waals surface area contributed by atoms with Crippen molar-refractivity contribution in [3.05, 3.63) is 23.8 Å². The van der Waals surface area contributed by atoms with Crippen LogP contribution in [0.2, 0.25) is 0 Å². The summed E-state index contributed by atoms with van der Waals surface area (Å²) < 4.78 is 11.2. The second kappa shape index (κ2) is 6.10. The van der Waals surface area contributed by atoms with Crippen LogP contribution in [0.25, 0.3) is 0 Å². The molecule has 1 aromatic carbocycles. The zero-order valence-electron chi connectivity index (χ0n) is 11.6. The van der Waals surface area contributed by atoms with Crippen molar-refractivity contribution in [3.63, 3.8) is 0 Å². The Kier molecular flexibility index (Phi) is 4.48. The highest BCUT2D eigenvalue weighted by atomic mass is 16.5. The van der Waals surface area contributed by atoms with Gasteiger partial charge in [-0.05, 0) is 45.0 Å². The molecule has 100 valence electrons. The second-order valence-corrected chi connectivity index (χ2v) is 5.21. The van der Waals surface area contributed by atoms with Crippen molar-refractivity contribution in [1.29, 1.82) is 0 Å². The number of rotatable bonds is 4. The molecule has 1 fully saturated rings. The lowest BCUT2D eigenvalue weighted by atomic mass is 10.00. The lowest BCUT2D eigenvalue weighted by Gasteiger charge is -2.29. The van der Waals surface area contributed by atoms with Gasteiger partial charge in [-0.25, -0.2) is 0 Å². The SMILES string of the molecule is COc1cc(OCC2CCCN(C)C2)ccc1C. The summed E-state index contributed by atoms with van der Waals surface area (Å²) in [6.45, 7) is 5.20. The lowest BCUT2D eigenvalue weighted by Crippen LogP contribution is -2.34. The standard InChI is InChI=1S/C15H23NO2/c1-12-6-7-14(9-15(12)17-3)18-11-13-5-4-8-16(2)10-13/h6-7,9,13H,4-5,8,10-11H2,1-3H3. The van der Waals surface area contributed by atoms with Crippen molar-refractivity contribution in [2.45, 2.75) is 19.8 Å². The summed E-state index contributed by atoms with van der Waals surface area (Å²) in [6.07, 6.45) is 2.55. The third-order valence-corrected chi connectivity index (χ3v) is 3.59. The van der Waals surface area contributed by atoms with Gasteiger partial charge in [-0.1, -0.05) is 6.07 Å². The molecule has 0 spiro atoms. The molecule has 0 amide bonds. The predicted molar refractivity (Wildman–Crippen MR) is 73.4 cm³/mol. The molecule has 2 rings (SSSR count). The Bertz CT molecular complexity index is 392. The van der Waals surface area contributed by atoms with Crippen molar-refractivity contribution in [2.24, 2.45) is 5.92 Å². The zero-order valence-corrected chi connectivity index (χ0v) is 11.6. The van der Waals surface area contributed by atoms with Gasteiger partial charge in [-0.15, -0.1) is 0 Å². The molecule has 0 radical (unpaired) electrons. The fourth-order valence-electron chi connectivity index (χ4n) is 2.51. The van der Waals surface area contributed by atoms with E-state index in [0.29, 0.717) is 5.92 Å². The minimum atomic E-state index is 0.649. The molecule has 0 saturated carbocycles. The van der Waals surface area contributed by atoms with E-state index in [1.807, 2.05) is 25.1 Å².